The standard InChI is InChI=1S/C24H29N3O6/c1-27(11-10-15-6-9-19(31-3)20(12-15)32-4)14-21(28)26-22-17-8-7-16(30-2)13-18(17)25-23(22)24(29)33-5/h6-9,12-13,25H,10-11,14H2,1-5H3,(H,26,28). The van der Waals surface area contributed by atoms with E-state index < -0.39 is 5.97 Å². The van der Waals surface area contributed by atoms with E-state index in [0.29, 0.717) is 40.4 Å². The number of methoxy groups -OCH3 is 4. The van der Waals surface area contributed by atoms with E-state index in [0.717, 1.165) is 12.0 Å². The average molecular weight is 456 g/mol. The van der Waals surface area contributed by atoms with Gasteiger partial charge in [0.1, 0.15) is 11.4 Å². The van der Waals surface area contributed by atoms with Gasteiger partial charge in [0.2, 0.25) is 5.91 Å². The molecule has 0 unspecified atom stereocenters. The maximum atomic E-state index is 12.8. The number of aromatic amines is 1. The summed E-state index contributed by atoms with van der Waals surface area (Å²) < 4.78 is 20.7. The largest absolute Gasteiger partial charge is 0.497 e. The molecule has 0 fully saturated rings. The summed E-state index contributed by atoms with van der Waals surface area (Å²) in [4.78, 5) is 29.9. The number of fused-ring (bicyclic) bond motifs is 1. The van der Waals surface area contributed by atoms with Crippen LogP contribution in [-0.4, -0.2) is 70.3 Å². The van der Waals surface area contributed by atoms with Gasteiger partial charge in [0.15, 0.2) is 11.5 Å². The van der Waals surface area contributed by atoms with Crippen LogP contribution in [0.4, 0.5) is 5.69 Å². The summed E-state index contributed by atoms with van der Waals surface area (Å²) >= 11 is 0. The molecule has 0 bridgehead atoms. The monoisotopic (exact) mass is 455 g/mol. The number of esters is 1. The van der Waals surface area contributed by atoms with E-state index in [1.807, 2.05) is 30.1 Å². The molecule has 33 heavy (non-hydrogen) atoms. The van der Waals surface area contributed by atoms with Crippen molar-refractivity contribution < 1.29 is 28.5 Å². The number of ether oxygens (including phenoxy) is 4. The Morgan fingerprint density at radius 2 is 1.73 bits per heavy atom. The molecular formula is C24H29N3O6. The number of carbonyl (C=O) groups excluding carboxylic acids is 2. The van der Waals surface area contributed by atoms with Gasteiger partial charge in [-0.3, -0.25) is 9.69 Å². The minimum absolute atomic E-state index is 0.150. The van der Waals surface area contributed by atoms with Crippen LogP contribution in [0.5, 0.6) is 17.2 Å². The average Bonchev–Trinajstić information content (AvgIpc) is 3.18. The topological polar surface area (TPSA) is 102 Å². The summed E-state index contributed by atoms with van der Waals surface area (Å²) in [7, 11) is 7.91. The van der Waals surface area contributed by atoms with Crippen LogP contribution in [-0.2, 0) is 16.0 Å². The first-order chi connectivity index (χ1) is 15.9. The van der Waals surface area contributed by atoms with Crippen LogP contribution >= 0.6 is 0 Å². The molecule has 0 saturated carbocycles. The maximum absolute atomic E-state index is 12.8. The van der Waals surface area contributed by atoms with Gasteiger partial charge in [-0.05, 0) is 43.3 Å². The molecule has 0 spiro atoms. The normalized spacial score (nSPS) is 10.8. The molecule has 2 N–H and O–H groups in total. The molecule has 0 radical (unpaired) electrons. The van der Waals surface area contributed by atoms with E-state index >= 15 is 0 Å². The van der Waals surface area contributed by atoms with Crippen molar-refractivity contribution in [1.82, 2.24) is 9.88 Å². The van der Waals surface area contributed by atoms with Gasteiger partial charge < -0.3 is 29.2 Å². The molecule has 9 nitrogen and oxygen atoms in total. The number of benzene rings is 2. The third-order valence-corrected chi connectivity index (χ3v) is 5.30. The highest BCUT2D eigenvalue weighted by Gasteiger charge is 2.21. The van der Waals surface area contributed by atoms with Gasteiger partial charge in [-0.15, -0.1) is 0 Å². The number of nitrogens with zero attached hydrogens (tertiary/aromatic N) is 1. The van der Waals surface area contributed by atoms with Crippen molar-refractivity contribution in [2.75, 3.05) is 53.9 Å². The molecular weight excluding hydrogens is 426 g/mol. The van der Waals surface area contributed by atoms with Crippen molar-refractivity contribution >= 4 is 28.5 Å². The van der Waals surface area contributed by atoms with Crippen LogP contribution < -0.4 is 19.5 Å². The van der Waals surface area contributed by atoms with Gasteiger partial charge in [0, 0.05) is 18.0 Å². The Bertz CT molecular complexity index is 1140. The van der Waals surface area contributed by atoms with Gasteiger partial charge in [0.25, 0.3) is 0 Å². The van der Waals surface area contributed by atoms with Crippen LogP contribution in [0.15, 0.2) is 36.4 Å². The zero-order chi connectivity index (χ0) is 24.0. The fourth-order valence-electron chi connectivity index (χ4n) is 3.55. The molecule has 9 heteroatoms. The van der Waals surface area contributed by atoms with Gasteiger partial charge in [-0.1, -0.05) is 6.07 Å². The second-order valence-electron chi connectivity index (χ2n) is 7.50. The maximum Gasteiger partial charge on any atom is 0.356 e. The van der Waals surface area contributed by atoms with Crippen molar-refractivity contribution in [3.8, 4) is 17.2 Å². The van der Waals surface area contributed by atoms with E-state index in [1.165, 1.54) is 7.11 Å². The highest BCUT2D eigenvalue weighted by atomic mass is 16.5. The predicted octanol–water partition coefficient (Wildman–Crippen LogP) is 3.09. The molecule has 1 heterocycles. The van der Waals surface area contributed by atoms with Gasteiger partial charge >= 0.3 is 5.97 Å². The van der Waals surface area contributed by atoms with Crippen LogP contribution in [0.3, 0.4) is 0 Å². The molecule has 1 aromatic heterocycles. The van der Waals surface area contributed by atoms with E-state index in [2.05, 4.69) is 10.3 Å². The summed E-state index contributed by atoms with van der Waals surface area (Å²) in [6.07, 6.45) is 0.727. The number of hydrogen-bond acceptors (Lipinski definition) is 7. The molecule has 3 rings (SSSR count). The van der Waals surface area contributed by atoms with E-state index in [9.17, 15) is 9.59 Å². The van der Waals surface area contributed by atoms with Gasteiger partial charge in [-0.25, -0.2) is 4.79 Å². The lowest BCUT2D eigenvalue weighted by molar-refractivity contribution is -0.117. The lowest BCUT2D eigenvalue weighted by Gasteiger charge is -2.17. The Balaban J connectivity index is 1.68. The van der Waals surface area contributed by atoms with Crippen molar-refractivity contribution in [1.29, 1.82) is 0 Å². The Kier molecular flexibility index (Phi) is 7.78. The second-order valence-corrected chi connectivity index (χ2v) is 7.50. The molecule has 176 valence electrons. The quantitative estimate of drug-likeness (QED) is 0.453. The summed E-state index contributed by atoms with van der Waals surface area (Å²) in [5, 5.41) is 3.55. The molecule has 0 aliphatic heterocycles. The molecule has 3 aromatic rings. The zero-order valence-electron chi connectivity index (χ0n) is 19.5. The number of carbonyl (C=O) groups is 2. The molecule has 0 atom stereocenters. The van der Waals surface area contributed by atoms with Crippen LogP contribution in [0.2, 0.25) is 0 Å². The fourth-order valence-corrected chi connectivity index (χ4v) is 3.55. The minimum Gasteiger partial charge on any atom is -0.497 e. The zero-order valence-corrected chi connectivity index (χ0v) is 19.5. The van der Waals surface area contributed by atoms with Gasteiger partial charge in [0.05, 0.1) is 46.2 Å². The lowest BCUT2D eigenvalue weighted by Crippen LogP contribution is -2.32. The third kappa shape index (κ3) is 5.56. The van der Waals surface area contributed by atoms with E-state index in [4.69, 9.17) is 18.9 Å². The molecule has 2 aromatic carbocycles. The van der Waals surface area contributed by atoms with E-state index in [1.54, 1.807) is 39.5 Å². The Labute approximate surface area is 192 Å². The Morgan fingerprint density at radius 1 is 0.970 bits per heavy atom. The number of rotatable bonds is 10. The predicted molar refractivity (Wildman–Crippen MR) is 126 cm³/mol. The van der Waals surface area contributed by atoms with Crippen molar-refractivity contribution in [2.45, 2.75) is 6.42 Å². The Morgan fingerprint density at radius 3 is 2.39 bits per heavy atom. The number of likely N-dealkylation sites (N-methyl/N-ethyl adjacent to an activating group) is 1. The smallest absolute Gasteiger partial charge is 0.356 e. The first-order valence-electron chi connectivity index (χ1n) is 10.4. The first kappa shape index (κ1) is 23.9. The molecule has 0 aliphatic carbocycles. The lowest BCUT2D eigenvalue weighted by atomic mass is 10.1. The third-order valence-electron chi connectivity index (χ3n) is 5.30. The molecule has 1 amide bonds. The molecule has 0 saturated heterocycles. The second kappa shape index (κ2) is 10.7. The fraction of sp³-hybridized carbons (Fsp3) is 0.333. The van der Waals surface area contributed by atoms with Crippen molar-refractivity contribution in [2.24, 2.45) is 0 Å². The Hall–Kier alpha value is -3.72. The number of amides is 1. The molecule has 0 aliphatic rings. The van der Waals surface area contributed by atoms with Crippen molar-refractivity contribution in [3.05, 3.63) is 47.7 Å². The minimum atomic E-state index is -0.567. The first-order valence-corrected chi connectivity index (χ1v) is 10.4. The number of aromatic nitrogens is 1. The number of nitrogens with one attached hydrogen (secondary N) is 2. The highest BCUT2D eigenvalue weighted by Crippen LogP contribution is 2.31. The van der Waals surface area contributed by atoms with Crippen molar-refractivity contribution in [3.63, 3.8) is 0 Å². The highest BCUT2D eigenvalue weighted by molar-refractivity contribution is 6.11. The number of anilines is 1. The van der Waals surface area contributed by atoms with Crippen LogP contribution in [0.25, 0.3) is 10.9 Å². The number of hydrogen-bond donors (Lipinski definition) is 2. The SMILES string of the molecule is COC(=O)c1[nH]c2cc(OC)ccc2c1NC(=O)CN(C)CCc1ccc(OC)c(OC)c1. The number of H-pyrrole nitrogens is 1. The summed E-state index contributed by atoms with van der Waals surface area (Å²) in [5.74, 6) is 1.16. The summed E-state index contributed by atoms with van der Waals surface area (Å²) in [6.45, 7) is 0.800. The summed E-state index contributed by atoms with van der Waals surface area (Å²) in [6, 6.07) is 11.1. The summed E-state index contributed by atoms with van der Waals surface area (Å²) in [5.41, 5.74) is 2.30. The van der Waals surface area contributed by atoms with E-state index in [-0.39, 0.29) is 18.1 Å². The van der Waals surface area contributed by atoms with Crippen LogP contribution in [0, 0.1) is 0 Å². The van der Waals surface area contributed by atoms with Gasteiger partial charge in [-0.2, -0.15) is 0 Å². The van der Waals surface area contributed by atoms with Crippen LogP contribution in [0.1, 0.15) is 16.1 Å².